The number of ether oxygens (including phenoxy) is 1. The van der Waals surface area contributed by atoms with Crippen molar-refractivity contribution in [2.75, 3.05) is 17.1 Å². The third-order valence-electron chi connectivity index (χ3n) is 5.76. The minimum Gasteiger partial charge on any atom is -0.504 e. The molecular formula is C24H19FN2O5. The molecular weight excluding hydrogens is 415 g/mol. The Hall–Kier alpha value is -3.91. The second-order valence-corrected chi connectivity index (χ2v) is 7.58. The number of rotatable bonds is 4. The monoisotopic (exact) mass is 434 g/mol. The predicted molar refractivity (Wildman–Crippen MR) is 114 cm³/mol. The van der Waals surface area contributed by atoms with Crippen molar-refractivity contribution in [3.63, 3.8) is 0 Å². The number of imide groups is 1. The summed E-state index contributed by atoms with van der Waals surface area (Å²) in [6.07, 6.45) is -1.04. The SMILES string of the molecule is COc1cc([C@H]2[C@H]3C(=O)N(c4ccc(F)cc4)C(=O)[C@@H]3ON2c2ccccc2)ccc1O. The molecule has 2 amide bonds. The van der Waals surface area contributed by atoms with Crippen LogP contribution in [0.25, 0.3) is 0 Å². The van der Waals surface area contributed by atoms with E-state index in [4.69, 9.17) is 9.57 Å². The highest BCUT2D eigenvalue weighted by atomic mass is 19.1. The average Bonchev–Trinajstić information content (AvgIpc) is 3.32. The van der Waals surface area contributed by atoms with Crippen molar-refractivity contribution in [3.8, 4) is 11.5 Å². The number of nitrogens with zero attached hydrogens (tertiary/aromatic N) is 2. The van der Waals surface area contributed by atoms with Gasteiger partial charge in [-0.25, -0.2) is 14.4 Å². The van der Waals surface area contributed by atoms with Crippen LogP contribution in [0.3, 0.4) is 0 Å². The first-order valence-electron chi connectivity index (χ1n) is 10.0. The zero-order valence-corrected chi connectivity index (χ0v) is 17.0. The number of benzene rings is 3. The number of hydrogen-bond acceptors (Lipinski definition) is 6. The van der Waals surface area contributed by atoms with E-state index in [2.05, 4.69) is 0 Å². The van der Waals surface area contributed by atoms with Crippen molar-refractivity contribution < 1.29 is 28.7 Å². The van der Waals surface area contributed by atoms with Crippen LogP contribution in [-0.2, 0) is 14.4 Å². The van der Waals surface area contributed by atoms with Gasteiger partial charge in [0.25, 0.3) is 5.91 Å². The number of fused-ring (bicyclic) bond motifs is 1. The highest BCUT2D eigenvalue weighted by Gasteiger charge is 2.60. The zero-order valence-electron chi connectivity index (χ0n) is 17.0. The number of halogens is 1. The predicted octanol–water partition coefficient (Wildman–Crippen LogP) is 3.59. The Kier molecular flexibility index (Phi) is 4.79. The molecule has 0 radical (unpaired) electrons. The summed E-state index contributed by atoms with van der Waals surface area (Å²) in [5.74, 6) is -2.07. The highest BCUT2D eigenvalue weighted by molar-refractivity contribution is 6.23. The standard InChI is InChI=1S/C24H19FN2O5/c1-31-19-13-14(7-12-18(19)28)21-20-22(32-27(21)17-5-3-2-4-6-17)24(30)26(23(20)29)16-10-8-15(25)9-11-16/h2-13,20-22,28H,1H3/t20-,21+,22-/m1/s1. The molecule has 2 aliphatic rings. The number of anilines is 2. The molecule has 0 unspecified atom stereocenters. The van der Waals surface area contributed by atoms with Gasteiger partial charge >= 0.3 is 0 Å². The fourth-order valence-electron chi connectivity index (χ4n) is 4.28. The van der Waals surface area contributed by atoms with Crippen LogP contribution in [0.4, 0.5) is 15.8 Å². The summed E-state index contributed by atoms with van der Waals surface area (Å²) in [4.78, 5) is 33.8. The molecule has 3 aromatic carbocycles. The van der Waals surface area contributed by atoms with Crippen molar-refractivity contribution in [2.45, 2.75) is 12.1 Å². The molecule has 0 spiro atoms. The van der Waals surface area contributed by atoms with Gasteiger partial charge in [0.1, 0.15) is 11.7 Å². The lowest BCUT2D eigenvalue weighted by molar-refractivity contribution is -0.126. The quantitative estimate of drug-likeness (QED) is 0.633. The van der Waals surface area contributed by atoms with Crippen molar-refractivity contribution in [3.05, 3.63) is 84.2 Å². The molecule has 2 aliphatic heterocycles. The van der Waals surface area contributed by atoms with Crippen molar-refractivity contribution in [1.82, 2.24) is 0 Å². The topological polar surface area (TPSA) is 79.3 Å². The summed E-state index contributed by atoms with van der Waals surface area (Å²) in [5, 5.41) is 11.6. The van der Waals surface area contributed by atoms with Gasteiger partial charge in [0.15, 0.2) is 17.6 Å². The van der Waals surface area contributed by atoms with E-state index in [-0.39, 0.29) is 17.2 Å². The molecule has 3 atom stereocenters. The van der Waals surface area contributed by atoms with Crippen molar-refractivity contribution >= 4 is 23.2 Å². The number of carbonyl (C=O) groups excluding carboxylic acids is 2. The van der Waals surface area contributed by atoms with E-state index in [0.717, 1.165) is 4.90 Å². The fourth-order valence-corrected chi connectivity index (χ4v) is 4.28. The van der Waals surface area contributed by atoms with Crippen LogP contribution in [0.5, 0.6) is 11.5 Å². The van der Waals surface area contributed by atoms with E-state index < -0.39 is 35.7 Å². The molecule has 0 saturated carbocycles. The molecule has 1 N–H and O–H groups in total. The zero-order chi connectivity index (χ0) is 22.4. The summed E-state index contributed by atoms with van der Waals surface area (Å²) in [6.45, 7) is 0. The lowest BCUT2D eigenvalue weighted by Gasteiger charge is -2.29. The summed E-state index contributed by atoms with van der Waals surface area (Å²) in [6, 6.07) is 18.4. The average molecular weight is 434 g/mol. The van der Waals surface area contributed by atoms with Crippen LogP contribution < -0.4 is 14.7 Å². The van der Waals surface area contributed by atoms with Crippen LogP contribution in [0.2, 0.25) is 0 Å². The number of carbonyl (C=O) groups is 2. The summed E-state index contributed by atoms with van der Waals surface area (Å²) >= 11 is 0. The molecule has 2 saturated heterocycles. The van der Waals surface area contributed by atoms with Crippen molar-refractivity contribution in [1.29, 1.82) is 0 Å². The minimum absolute atomic E-state index is 0.0419. The lowest BCUT2D eigenvalue weighted by atomic mass is 9.90. The van der Waals surface area contributed by atoms with E-state index in [1.807, 2.05) is 30.3 Å². The number of amides is 2. The number of hydrogen-bond donors (Lipinski definition) is 1. The Balaban J connectivity index is 1.60. The Morgan fingerprint density at radius 2 is 1.66 bits per heavy atom. The molecule has 5 rings (SSSR count). The summed E-state index contributed by atoms with van der Waals surface area (Å²) < 4.78 is 18.6. The molecule has 162 valence electrons. The molecule has 32 heavy (non-hydrogen) atoms. The first-order chi connectivity index (χ1) is 15.5. The lowest BCUT2D eigenvalue weighted by Crippen LogP contribution is -2.37. The molecule has 0 aromatic heterocycles. The molecule has 0 aliphatic carbocycles. The van der Waals surface area contributed by atoms with E-state index in [1.54, 1.807) is 17.2 Å². The highest BCUT2D eigenvalue weighted by Crippen LogP contribution is 2.48. The van der Waals surface area contributed by atoms with Gasteiger partial charge in [-0.3, -0.25) is 14.4 Å². The summed E-state index contributed by atoms with van der Waals surface area (Å²) in [7, 11) is 1.43. The number of hydroxylamine groups is 1. The van der Waals surface area contributed by atoms with Crippen LogP contribution in [-0.4, -0.2) is 30.1 Å². The molecule has 3 aromatic rings. The van der Waals surface area contributed by atoms with Crippen LogP contribution >= 0.6 is 0 Å². The second-order valence-electron chi connectivity index (χ2n) is 7.58. The second kappa shape index (κ2) is 7.65. The smallest absolute Gasteiger partial charge is 0.266 e. The number of phenols is 1. The summed E-state index contributed by atoms with van der Waals surface area (Å²) in [5.41, 5.74) is 1.60. The van der Waals surface area contributed by atoms with Crippen LogP contribution in [0, 0.1) is 11.7 Å². The normalized spacial score (nSPS) is 22.4. The number of phenolic OH excluding ortho intramolecular Hbond substituents is 1. The van der Waals surface area contributed by atoms with E-state index in [1.165, 1.54) is 37.4 Å². The molecule has 2 heterocycles. The van der Waals surface area contributed by atoms with Gasteiger partial charge in [0.2, 0.25) is 5.91 Å². The van der Waals surface area contributed by atoms with E-state index >= 15 is 0 Å². The number of methoxy groups -OCH3 is 1. The molecule has 8 heteroatoms. The molecule has 7 nitrogen and oxygen atoms in total. The van der Waals surface area contributed by atoms with Gasteiger partial charge in [-0.1, -0.05) is 24.3 Å². The van der Waals surface area contributed by atoms with Crippen LogP contribution in [0.1, 0.15) is 11.6 Å². The minimum atomic E-state index is -1.04. The Morgan fingerprint density at radius 3 is 2.34 bits per heavy atom. The molecule has 0 bridgehead atoms. The van der Waals surface area contributed by atoms with E-state index in [9.17, 15) is 19.1 Å². The van der Waals surface area contributed by atoms with Gasteiger partial charge in [-0.15, -0.1) is 0 Å². The number of para-hydroxylation sites is 1. The van der Waals surface area contributed by atoms with Gasteiger partial charge in [0.05, 0.1) is 24.5 Å². The Bertz CT molecular complexity index is 1180. The maximum Gasteiger partial charge on any atom is 0.266 e. The van der Waals surface area contributed by atoms with Gasteiger partial charge in [-0.05, 0) is 54.1 Å². The number of aromatic hydroxyl groups is 1. The molecule has 2 fully saturated rings. The Labute approximate surface area is 183 Å². The largest absolute Gasteiger partial charge is 0.504 e. The first-order valence-corrected chi connectivity index (χ1v) is 10.0. The maximum atomic E-state index is 13.5. The first kappa shape index (κ1) is 20.0. The van der Waals surface area contributed by atoms with Crippen molar-refractivity contribution in [2.24, 2.45) is 5.92 Å². The van der Waals surface area contributed by atoms with Gasteiger partial charge in [0, 0.05) is 0 Å². The van der Waals surface area contributed by atoms with E-state index in [0.29, 0.717) is 11.3 Å². The van der Waals surface area contributed by atoms with Gasteiger partial charge in [-0.2, -0.15) is 0 Å². The fraction of sp³-hybridized carbons (Fsp3) is 0.167. The third-order valence-corrected chi connectivity index (χ3v) is 5.76. The van der Waals surface area contributed by atoms with Crippen LogP contribution in [0.15, 0.2) is 72.8 Å². The third kappa shape index (κ3) is 3.07. The Morgan fingerprint density at radius 1 is 0.938 bits per heavy atom. The maximum absolute atomic E-state index is 13.5. The van der Waals surface area contributed by atoms with Gasteiger partial charge < -0.3 is 9.84 Å².